The summed E-state index contributed by atoms with van der Waals surface area (Å²) in [5.41, 5.74) is 3.50. The van der Waals surface area contributed by atoms with Crippen molar-refractivity contribution in [2.24, 2.45) is 5.92 Å². The van der Waals surface area contributed by atoms with Crippen LogP contribution in [0.4, 0.5) is 0 Å². The molecule has 0 saturated heterocycles. The van der Waals surface area contributed by atoms with Gasteiger partial charge in [0.1, 0.15) is 17.9 Å². The molecule has 0 unspecified atom stereocenters. The minimum Gasteiger partial charge on any atom is -0.488 e. The first-order chi connectivity index (χ1) is 14.1. The Morgan fingerprint density at radius 2 is 2.07 bits per heavy atom. The fourth-order valence-electron chi connectivity index (χ4n) is 3.26. The number of esters is 1. The van der Waals surface area contributed by atoms with E-state index >= 15 is 0 Å². The lowest BCUT2D eigenvalue weighted by atomic mass is 10.1. The van der Waals surface area contributed by atoms with Gasteiger partial charge in [-0.25, -0.2) is 0 Å². The Kier molecular flexibility index (Phi) is 5.91. The van der Waals surface area contributed by atoms with Crippen LogP contribution in [0.25, 0.3) is 17.0 Å². The quantitative estimate of drug-likeness (QED) is 0.415. The average molecular weight is 411 g/mol. The van der Waals surface area contributed by atoms with Gasteiger partial charge in [0.15, 0.2) is 0 Å². The molecule has 1 saturated carbocycles. The van der Waals surface area contributed by atoms with Crippen molar-refractivity contribution >= 4 is 34.6 Å². The Morgan fingerprint density at radius 3 is 2.86 bits per heavy atom. The fraction of sp³-hybridized carbons (Fsp3) is 0.292. The van der Waals surface area contributed by atoms with E-state index < -0.39 is 0 Å². The van der Waals surface area contributed by atoms with E-state index in [1.54, 1.807) is 13.2 Å². The van der Waals surface area contributed by atoms with Crippen molar-refractivity contribution in [3.05, 3.63) is 70.5 Å². The number of fused-ring (bicyclic) bond motifs is 1. The number of ether oxygens (including phenoxy) is 2. The summed E-state index contributed by atoms with van der Waals surface area (Å²) in [5.74, 6) is 1.07. The van der Waals surface area contributed by atoms with Crippen molar-refractivity contribution in [2.45, 2.75) is 32.8 Å². The summed E-state index contributed by atoms with van der Waals surface area (Å²) in [6.07, 6.45) is 8.71. The monoisotopic (exact) mass is 410 g/mol. The molecule has 4 rings (SSSR count). The van der Waals surface area contributed by atoms with E-state index in [2.05, 4.69) is 12.2 Å². The Labute approximate surface area is 175 Å². The molecule has 0 spiro atoms. The van der Waals surface area contributed by atoms with Gasteiger partial charge in [0.25, 0.3) is 0 Å². The van der Waals surface area contributed by atoms with E-state index in [1.807, 2.05) is 36.4 Å². The van der Waals surface area contributed by atoms with Gasteiger partial charge in [-0.15, -0.1) is 0 Å². The second kappa shape index (κ2) is 8.75. The zero-order valence-corrected chi connectivity index (χ0v) is 17.1. The molecule has 150 valence electrons. The normalized spacial score (nSPS) is 13.9. The maximum atomic E-state index is 11.8. The van der Waals surface area contributed by atoms with Crippen LogP contribution in [0.1, 0.15) is 36.5 Å². The number of hydrogen-bond acceptors (Lipinski definition) is 4. The summed E-state index contributed by atoms with van der Waals surface area (Å²) >= 11 is 6.35. The van der Waals surface area contributed by atoms with Gasteiger partial charge in [0, 0.05) is 27.1 Å². The van der Waals surface area contributed by atoms with E-state index in [0.717, 1.165) is 27.7 Å². The van der Waals surface area contributed by atoms with Crippen LogP contribution in [0, 0.1) is 5.92 Å². The zero-order chi connectivity index (χ0) is 20.2. The average Bonchev–Trinajstić information content (AvgIpc) is 3.45. The van der Waals surface area contributed by atoms with E-state index in [-0.39, 0.29) is 12.4 Å². The summed E-state index contributed by atoms with van der Waals surface area (Å²) in [6.45, 7) is 2.48. The van der Waals surface area contributed by atoms with Crippen LogP contribution in [-0.2, 0) is 22.6 Å². The smallest absolute Gasteiger partial charge is 0.310 e. The predicted molar refractivity (Wildman–Crippen MR) is 114 cm³/mol. The third-order valence-electron chi connectivity index (χ3n) is 4.91. The number of carbonyl (C=O) groups is 1. The number of para-hydroxylation sites is 1. The highest BCUT2D eigenvalue weighted by Gasteiger charge is 2.18. The second-order valence-corrected chi connectivity index (χ2v) is 7.64. The standard InChI is InChI=1S/C24H23ClO4/c1-2-27-23(26)12-17-5-3-4-6-22(17)28-14-19-15-29-24-18(10-9-16-7-8-16)11-20(25)13-21(19)24/h3-6,9-11,13,15-16H,2,7-8,12,14H2,1H3/b10-9+. The van der Waals surface area contributed by atoms with Crippen molar-refractivity contribution < 1.29 is 18.7 Å². The molecule has 0 bridgehead atoms. The largest absolute Gasteiger partial charge is 0.488 e. The van der Waals surface area contributed by atoms with Gasteiger partial charge in [0.05, 0.1) is 19.3 Å². The summed E-state index contributed by atoms with van der Waals surface area (Å²) in [6, 6.07) is 11.3. The van der Waals surface area contributed by atoms with Gasteiger partial charge in [-0.2, -0.15) is 0 Å². The van der Waals surface area contributed by atoms with E-state index in [1.165, 1.54) is 12.8 Å². The molecular weight excluding hydrogens is 388 g/mol. The van der Waals surface area contributed by atoms with Crippen LogP contribution in [0.2, 0.25) is 5.02 Å². The number of allylic oxidation sites excluding steroid dienone is 1. The number of benzene rings is 2. The molecule has 1 fully saturated rings. The second-order valence-electron chi connectivity index (χ2n) is 7.21. The van der Waals surface area contributed by atoms with Gasteiger partial charge >= 0.3 is 5.97 Å². The Morgan fingerprint density at radius 1 is 1.24 bits per heavy atom. The minimum atomic E-state index is -0.267. The number of furan rings is 1. The molecule has 1 aliphatic rings. The number of halogens is 1. The molecule has 1 aliphatic carbocycles. The summed E-state index contributed by atoms with van der Waals surface area (Å²) in [5, 5.41) is 1.61. The van der Waals surface area contributed by atoms with Crippen LogP contribution < -0.4 is 4.74 Å². The number of hydrogen-bond donors (Lipinski definition) is 0. The van der Waals surface area contributed by atoms with Crippen molar-refractivity contribution in [2.75, 3.05) is 6.61 Å². The topological polar surface area (TPSA) is 48.7 Å². The maximum Gasteiger partial charge on any atom is 0.310 e. The van der Waals surface area contributed by atoms with Crippen LogP contribution in [0.3, 0.4) is 0 Å². The molecule has 0 amide bonds. The van der Waals surface area contributed by atoms with E-state index in [9.17, 15) is 4.79 Å². The molecule has 1 heterocycles. The molecule has 0 aliphatic heterocycles. The SMILES string of the molecule is CCOC(=O)Cc1ccccc1OCc1coc2c(/C=C/C3CC3)cc(Cl)cc12. The molecular formula is C24H23ClO4. The summed E-state index contributed by atoms with van der Waals surface area (Å²) < 4.78 is 16.9. The molecule has 1 aromatic heterocycles. The van der Waals surface area contributed by atoms with Crippen LogP contribution >= 0.6 is 11.6 Å². The minimum absolute atomic E-state index is 0.179. The van der Waals surface area contributed by atoms with Gasteiger partial charge in [-0.1, -0.05) is 42.0 Å². The predicted octanol–water partition coefficient (Wildman–Crippen LogP) is 6.19. The van der Waals surface area contributed by atoms with Crippen LogP contribution in [0.5, 0.6) is 5.75 Å². The van der Waals surface area contributed by atoms with E-state index in [0.29, 0.717) is 29.9 Å². The van der Waals surface area contributed by atoms with Gasteiger partial charge in [0.2, 0.25) is 0 Å². The number of carbonyl (C=O) groups excluding carboxylic acids is 1. The zero-order valence-electron chi connectivity index (χ0n) is 16.3. The fourth-order valence-corrected chi connectivity index (χ4v) is 3.48. The molecule has 4 nitrogen and oxygen atoms in total. The molecule has 3 aromatic rings. The Hall–Kier alpha value is -2.72. The third-order valence-corrected chi connectivity index (χ3v) is 5.13. The lowest BCUT2D eigenvalue weighted by Gasteiger charge is -2.10. The van der Waals surface area contributed by atoms with Gasteiger partial charge < -0.3 is 13.9 Å². The molecule has 0 N–H and O–H groups in total. The van der Waals surface area contributed by atoms with Crippen molar-refractivity contribution in [3.63, 3.8) is 0 Å². The molecule has 2 aromatic carbocycles. The third kappa shape index (κ3) is 4.83. The highest BCUT2D eigenvalue weighted by atomic mass is 35.5. The summed E-state index contributed by atoms with van der Waals surface area (Å²) in [4.78, 5) is 11.8. The van der Waals surface area contributed by atoms with Gasteiger partial charge in [-0.3, -0.25) is 4.79 Å². The highest BCUT2D eigenvalue weighted by Crippen LogP contribution is 2.34. The number of rotatable bonds is 8. The van der Waals surface area contributed by atoms with Crippen molar-refractivity contribution in [1.82, 2.24) is 0 Å². The lowest BCUT2D eigenvalue weighted by molar-refractivity contribution is -0.142. The molecule has 5 heteroatoms. The van der Waals surface area contributed by atoms with Gasteiger partial charge in [-0.05, 0) is 43.9 Å². The summed E-state index contributed by atoms with van der Waals surface area (Å²) in [7, 11) is 0. The first-order valence-corrected chi connectivity index (χ1v) is 10.3. The first kappa shape index (κ1) is 19.6. The maximum absolute atomic E-state index is 11.8. The molecule has 0 radical (unpaired) electrons. The van der Waals surface area contributed by atoms with Crippen LogP contribution in [0.15, 0.2) is 53.2 Å². The van der Waals surface area contributed by atoms with Crippen LogP contribution in [-0.4, -0.2) is 12.6 Å². The van der Waals surface area contributed by atoms with Crippen molar-refractivity contribution in [1.29, 1.82) is 0 Å². The Bertz CT molecular complexity index is 1050. The molecule has 29 heavy (non-hydrogen) atoms. The Balaban J connectivity index is 1.54. The highest BCUT2D eigenvalue weighted by molar-refractivity contribution is 6.31. The van der Waals surface area contributed by atoms with E-state index in [4.69, 9.17) is 25.5 Å². The first-order valence-electron chi connectivity index (χ1n) is 9.88. The van der Waals surface area contributed by atoms with Crippen molar-refractivity contribution in [3.8, 4) is 5.75 Å². The lowest BCUT2D eigenvalue weighted by Crippen LogP contribution is -2.09. The molecule has 0 atom stereocenters.